The van der Waals surface area contributed by atoms with Crippen LogP contribution in [0.1, 0.15) is 48.8 Å². The molecule has 0 bridgehead atoms. The van der Waals surface area contributed by atoms with Gasteiger partial charge in [0.2, 0.25) is 10.0 Å². The molecule has 1 aromatic carbocycles. The second kappa shape index (κ2) is 11.3. The van der Waals surface area contributed by atoms with Crippen molar-refractivity contribution in [1.29, 1.82) is 0 Å². The maximum Gasteiger partial charge on any atom is 0.253 e. The fraction of sp³-hybridized carbons (Fsp3) is 0.407. The predicted octanol–water partition coefficient (Wildman–Crippen LogP) is 4.05. The molecular formula is C27H33N3O4S. The Hall–Kier alpha value is -2.81. The average molecular weight is 496 g/mol. The van der Waals surface area contributed by atoms with Crippen LogP contribution in [0.5, 0.6) is 0 Å². The van der Waals surface area contributed by atoms with Gasteiger partial charge in [-0.25, -0.2) is 13.1 Å². The van der Waals surface area contributed by atoms with Crippen molar-refractivity contribution in [2.45, 2.75) is 50.7 Å². The maximum absolute atomic E-state index is 13.1. The van der Waals surface area contributed by atoms with Gasteiger partial charge in [-0.2, -0.15) is 0 Å². The van der Waals surface area contributed by atoms with Crippen LogP contribution in [0.2, 0.25) is 0 Å². The summed E-state index contributed by atoms with van der Waals surface area (Å²) in [5.41, 5.74) is 3.53. The van der Waals surface area contributed by atoms with E-state index in [-0.39, 0.29) is 24.8 Å². The fourth-order valence-electron chi connectivity index (χ4n) is 4.73. The van der Waals surface area contributed by atoms with E-state index in [0.29, 0.717) is 11.5 Å². The van der Waals surface area contributed by atoms with Crippen LogP contribution in [-0.2, 0) is 14.8 Å². The minimum atomic E-state index is -3.42. The van der Waals surface area contributed by atoms with E-state index in [2.05, 4.69) is 34.0 Å². The van der Waals surface area contributed by atoms with E-state index in [9.17, 15) is 13.2 Å². The molecule has 4 rings (SSSR count). The smallest absolute Gasteiger partial charge is 0.253 e. The van der Waals surface area contributed by atoms with Gasteiger partial charge in [-0.15, -0.1) is 0 Å². The van der Waals surface area contributed by atoms with Gasteiger partial charge in [0.05, 0.1) is 25.0 Å². The van der Waals surface area contributed by atoms with Crippen LogP contribution in [0.4, 0.5) is 0 Å². The zero-order valence-corrected chi connectivity index (χ0v) is 21.1. The quantitative estimate of drug-likeness (QED) is 0.484. The van der Waals surface area contributed by atoms with Crippen LogP contribution in [0, 0.1) is 6.92 Å². The second-order valence-electron chi connectivity index (χ2n) is 9.36. The highest BCUT2D eigenvalue weighted by Gasteiger charge is 2.25. The van der Waals surface area contributed by atoms with Gasteiger partial charge in [-0.3, -0.25) is 9.78 Å². The molecule has 0 radical (unpaired) electrons. The standard InChI is InChI=1S/C27H33N3O4S/c1-20-15-24(23-9-6-14-28-16-23)18-30(27(20)31)25(17-29-35(2,32)33)19-34-26-12-10-22(11-13-26)21-7-4-3-5-8-21/h3-9,14-16,18,22,25-26,29H,10-13,17,19H2,1-2H3. The number of nitrogens with one attached hydrogen (secondary N) is 1. The summed E-state index contributed by atoms with van der Waals surface area (Å²) in [6.07, 6.45) is 10.4. The molecule has 186 valence electrons. The van der Waals surface area contributed by atoms with Gasteiger partial charge in [0, 0.05) is 41.8 Å². The Balaban J connectivity index is 1.50. The number of aryl methyl sites for hydroxylation is 1. The van der Waals surface area contributed by atoms with Crippen LogP contribution in [0.15, 0.2) is 71.9 Å². The molecule has 1 fully saturated rings. The van der Waals surface area contributed by atoms with E-state index in [1.54, 1.807) is 30.1 Å². The lowest BCUT2D eigenvalue weighted by Crippen LogP contribution is -2.38. The molecule has 0 amide bonds. The number of benzene rings is 1. The van der Waals surface area contributed by atoms with Crippen LogP contribution in [0.25, 0.3) is 11.1 Å². The molecule has 2 heterocycles. The summed E-state index contributed by atoms with van der Waals surface area (Å²) in [5, 5.41) is 0. The lowest BCUT2D eigenvalue weighted by Gasteiger charge is -2.30. The summed E-state index contributed by atoms with van der Waals surface area (Å²) >= 11 is 0. The van der Waals surface area contributed by atoms with Crippen LogP contribution < -0.4 is 10.3 Å². The molecule has 35 heavy (non-hydrogen) atoms. The van der Waals surface area contributed by atoms with Crippen molar-refractivity contribution in [2.24, 2.45) is 0 Å². The first-order valence-corrected chi connectivity index (χ1v) is 13.9. The van der Waals surface area contributed by atoms with E-state index in [4.69, 9.17) is 4.74 Å². The largest absolute Gasteiger partial charge is 0.376 e. The lowest BCUT2D eigenvalue weighted by atomic mass is 9.83. The summed E-state index contributed by atoms with van der Waals surface area (Å²) in [6, 6.07) is 15.7. The first-order chi connectivity index (χ1) is 16.8. The molecule has 7 nitrogen and oxygen atoms in total. The molecule has 1 aliphatic carbocycles. The summed E-state index contributed by atoms with van der Waals surface area (Å²) in [6.45, 7) is 2.10. The number of ether oxygens (including phenoxy) is 1. The van der Waals surface area contributed by atoms with Crippen LogP contribution in [-0.4, -0.2) is 43.5 Å². The van der Waals surface area contributed by atoms with Crippen molar-refractivity contribution in [1.82, 2.24) is 14.3 Å². The van der Waals surface area contributed by atoms with Gasteiger partial charge in [-0.1, -0.05) is 36.4 Å². The minimum absolute atomic E-state index is 0.0774. The predicted molar refractivity (Wildman–Crippen MR) is 138 cm³/mol. The number of hydrogen-bond acceptors (Lipinski definition) is 5. The first-order valence-electron chi connectivity index (χ1n) is 12.0. The van der Waals surface area contributed by atoms with E-state index in [0.717, 1.165) is 43.1 Å². The Morgan fingerprint density at radius 3 is 2.49 bits per heavy atom. The number of aromatic nitrogens is 2. The van der Waals surface area contributed by atoms with Gasteiger partial charge < -0.3 is 9.30 Å². The number of sulfonamides is 1. The SMILES string of the molecule is Cc1cc(-c2cccnc2)cn(C(CNS(C)(=O)=O)COC2CCC(c3ccccc3)CC2)c1=O. The topological polar surface area (TPSA) is 90.3 Å². The molecular weight excluding hydrogens is 462 g/mol. The number of nitrogens with zero attached hydrogens (tertiary/aromatic N) is 2. The number of hydrogen-bond donors (Lipinski definition) is 1. The van der Waals surface area contributed by atoms with E-state index in [1.807, 2.05) is 24.3 Å². The molecule has 3 aromatic rings. The molecule has 1 aliphatic rings. The van der Waals surface area contributed by atoms with Gasteiger partial charge in [0.1, 0.15) is 0 Å². The van der Waals surface area contributed by atoms with Crippen molar-refractivity contribution >= 4 is 10.0 Å². The molecule has 1 saturated carbocycles. The fourth-order valence-corrected chi connectivity index (χ4v) is 5.22. The molecule has 1 unspecified atom stereocenters. The summed E-state index contributed by atoms with van der Waals surface area (Å²) in [7, 11) is -3.42. The molecule has 0 saturated heterocycles. The molecule has 2 aromatic heterocycles. The van der Waals surface area contributed by atoms with Gasteiger partial charge in [0.25, 0.3) is 5.56 Å². The van der Waals surface area contributed by atoms with Gasteiger partial charge in [0.15, 0.2) is 0 Å². The second-order valence-corrected chi connectivity index (χ2v) is 11.2. The Kier molecular flexibility index (Phi) is 8.15. The van der Waals surface area contributed by atoms with Crippen molar-refractivity contribution in [3.05, 3.63) is 88.6 Å². The van der Waals surface area contributed by atoms with Crippen LogP contribution in [0.3, 0.4) is 0 Å². The third kappa shape index (κ3) is 6.87. The zero-order chi connectivity index (χ0) is 24.8. The van der Waals surface area contributed by atoms with Crippen LogP contribution >= 0.6 is 0 Å². The van der Waals surface area contributed by atoms with Gasteiger partial charge >= 0.3 is 0 Å². The number of rotatable bonds is 9. The van der Waals surface area contributed by atoms with E-state index in [1.165, 1.54) is 5.56 Å². The first kappa shape index (κ1) is 25.3. The lowest BCUT2D eigenvalue weighted by molar-refractivity contribution is 0.00736. The summed E-state index contributed by atoms with van der Waals surface area (Å²) in [5.74, 6) is 0.542. The van der Waals surface area contributed by atoms with E-state index >= 15 is 0 Å². The molecule has 8 heteroatoms. The minimum Gasteiger partial charge on any atom is -0.376 e. The molecule has 0 aliphatic heterocycles. The third-order valence-electron chi connectivity index (χ3n) is 6.66. The zero-order valence-electron chi connectivity index (χ0n) is 20.3. The Bertz CT molecular complexity index is 1270. The van der Waals surface area contributed by atoms with Crippen molar-refractivity contribution in [3.63, 3.8) is 0 Å². The molecule has 1 N–H and O–H groups in total. The Morgan fingerprint density at radius 2 is 1.83 bits per heavy atom. The van der Waals surface area contributed by atoms with Gasteiger partial charge in [-0.05, 0) is 56.2 Å². The summed E-state index contributed by atoms with van der Waals surface area (Å²) < 4.78 is 34.1. The highest BCUT2D eigenvalue weighted by molar-refractivity contribution is 7.88. The molecule has 0 spiro atoms. The third-order valence-corrected chi connectivity index (χ3v) is 7.35. The Labute approximate surface area is 207 Å². The van der Waals surface area contributed by atoms with Crippen molar-refractivity contribution in [3.8, 4) is 11.1 Å². The average Bonchev–Trinajstić information content (AvgIpc) is 2.87. The Morgan fingerprint density at radius 1 is 1.09 bits per heavy atom. The highest BCUT2D eigenvalue weighted by Crippen LogP contribution is 2.34. The van der Waals surface area contributed by atoms with E-state index < -0.39 is 16.1 Å². The maximum atomic E-state index is 13.1. The van der Waals surface area contributed by atoms with Crippen molar-refractivity contribution < 1.29 is 13.2 Å². The number of pyridine rings is 2. The highest BCUT2D eigenvalue weighted by atomic mass is 32.2. The van der Waals surface area contributed by atoms with Crippen molar-refractivity contribution in [2.75, 3.05) is 19.4 Å². The summed E-state index contributed by atoms with van der Waals surface area (Å²) in [4.78, 5) is 17.3. The molecule has 1 atom stereocenters. The monoisotopic (exact) mass is 495 g/mol. The normalized spacial score (nSPS) is 19.4.